The molecule has 0 spiro atoms. The van der Waals surface area contributed by atoms with Crippen molar-refractivity contribution in [3.8, 4) is 0 Å². The summed E-state index contributed by atoms with van der Waals surface area (Å²) in [5.41, 5.74) is 0.186. The van der Waals surface area contributed by atoms with E-state index in [9.17, 15) is 13.2 Å². The van der Waals surface area contributed by atoms with Crippen LogP contribution in [0.25, 0.3) is 0 Å². The van der Waals surface area contributed by atoms with E-state index in [0.717, 1.165) is 31.7 Å². The molecule has 1 fully saturated rings. The maximum absolute atomic E-state index is 14.7. The smallest absolute Gasteiger partial charge is 0.206 e. The van der Waals surface area contributed by atoms with E-state index in [4.69, 9.17) is 0 Å². The number of benzene rings is 1. The van der Waals surface area contributed by atoms with Gasteiger partial charge in [0.2, 0.25) is 0 Å². The number of hydrogen-bond donors (Lipinski definition) is 0. The van der Waals surface area contributed by atoms with Gasteiger partial charge in [0.25, 0.3) is 5.92 Å². The molecule has 2 aliphatic carbocycles. The van der Waals surface area contributed by atoms with Crippen molar-refractivity contribution in [3.63, 3.8) is 0 Å². The van der Waals surface area contributed by atoms with Crippen LogP contribution in [0.4, 0.5) is 13.2 Å². The predicted octanol–water partition coefficient (Wildman–Crippen LogP) is 5.94. The predicted molar refractivity (Wildman–Crippen MR) is 80.0 cm³/mol. The van der Waals surface area contributed by atoms with Gasteiger partial charge in [-0.25, -0.2) is 13.2 Å². The Balaban J connectivity index is 0.00000176. The zero-order valence-electron chi connectivity index (χ0n) is 12.5. The molecule has 0 aliphatic heterocycles. The molecule has 0 amide bonds. The Morgan fingerprint density at radius 2 is 1.90 bits per heavy atom. The molecule has 1 unspecified atom stereocenters. The number of fused-ring (bicyclic) bond motifs is 1. The van der Waals surface area contributed by atoms with Crippen LogP contribution >= 0.6 is 0 Å². The molecular weight excluding hydrogens is 273 g/mol. The molecule has 0 aromatic heterocycles. The minimum Gasteiger partial charge on any atom is -0.206 e. The summed E-state index contributed by atoms with van der Waals surface area (Å²) in [4.78, 5) is 0. The highest BCUT2D eigenvalue weighted by Crippen LogP contribution is 2.53. The van der Waals surface area contributed by atoms with Crippen LogP contribution in [0, 0.1) is 23.6 Å². The van der Waals surface area contributed by atoms with Crippen LogP contribution in [-0.4, -0.2) is 0 Å². The topological polar surface area (TPSA) is 0 Å². The summed E-state index contributed by atoms with van der Waals surface area (Å²) in [6, 6.07) is 4.37. The highest BCUT2D eigenvalue weighted by Gasteiger charge is 2.53. The minimum atomic E-state index is -3.00. The molecule has 0 nitrogen and oxygen atoms in total. The Bertz CT molecular complexity index is 507. The summed E-state index contributed by atoms with van der Waals surface area (Å²) >= 11 is 0. The number of hydrogen-bond acceptors (Lipinski definition) is 0. The molecule has 1 atom stereocenters. The number of halogens is 3. The molecule has 0 heterocycles. The summed E-state index contributed by atoms with van der Waals surface area (Å²) in [7, 11) is 0. The Hall–Kier alpha value is -0.990. The number of alkyl halides is 2. The van der Waals surface area contributed by atoms with Crippen molar-refractivity contribution in [2.24, 2.45) is 17.8 Å². The lowest BCUT2D eigenvalue weighted by molar-refractivity contribution is -0.0840. The van der Waals surface area contributed by atoms with E-state index in [1.807, 2.05) is 0 Å². The van der Waals surface area contributed by atoms with Crippen molar-refractivity contribution in [2.45, 2.75) is 57.8 Å². The van der Waals surface area contributed by atoms with Crippen molar-refractivity contribution < 1.29 is 14.6 Å². The average Bonchev–Trinajstić information content (AvgIpc) is 2.73. The molecule has 21 heavy (non-hydrogen) atoms. The molecule has 1 aromatic rings. The van der Waals surface area contributed by atoms with E-state index in [-0.39, 0.29) is 12.9 Å². The average molecular weight is 298 g/mol. The first-order valence-corrected chi connectivity index (χ1v) is 8.19. The van der Waals surface area contributed by atoms with Gasteiger partial charge in [-0.05, 0) is 42.7 Å². The van der Waals surface area contributed by atoms with Crippen molar-refractivity contribution in [2.75, 3.05) is 0 Å². The van der Waals surface area contributed by atoms with Crippen LogP contribution in [0.1, 0.15) is 58.0 Å². The molecule has 1 aromatic carbocycles. The first-order valence-electron chi connectivity index (χ1n) is 8.19. The van der Waals surface area contributed by atoms with Gasteiger partial charge >= 0.3 is 0 Å². The normalized spacial score (nSPS) is 31.1. The van der Waals surface area contributed by atoms with Crippen LogP contribution in [0.3, 0.4) is 0 Å². The molecule has 2 aliphatic rings. The lowest BCUT2D eigenvalue weighted by Gasteiger charge is -2.34. The monoisotopic (exact) mass is 298 g/mol. The third kappa shape index (κ3) is 2.60. The summed E-state index contributed by atoms with van der Waals surface area (Å²) < 4.78 is 43.1. The van der Waals surface area contributed by atoms with Gasteiger partial charge in [-0.15, -0.1) is 0 Å². The summed E-state index contributed by atoms with van der Waals surface area (Å²) in [5, 5.41) is 0. The molecule has 0 N–H and O–H groups in total. The molecule has 0 radical (unpaired) electrons. The fraction of sp³-hybridized carbons (Fsp3) is 0.667. The van der Waals surface area contributed by atoms with Gasteiger partial charge in [0.15, 0.2) is 0 Å². The molecule has 3 heteroatoms. The first kappa shape index (κ1) is 14.9. The van der Waals surface area contributed by atoms with Gasteiger partial charge < -0.3 is 0 Å². The quantitative estimate of drug-likeness (QED) is 0.647. The van der Waals surface area contributed by atoms with Crippen molar-refractivity contribution in [1.29, 1.82) is 0 Å². The van der Waals surface area contributed by atoms with E-state index in [2.05, 4.69) is 6.92 Å². The zero-order valence-corrected chi connectivity index (χ0v) is 12.5. The largest absolute Gasteiger partial charge is 0.279 e. The second-order valence-corrected chi connectivity index (χ2v) is 6.78. The molecular formula is C18H25F3. The SMILES string of the molecule is CCCC1CCC(C2Cc3cccc(F)c3C2(F)F)CC1.[HH]. The van der Waals surface area contributed by atoms with Gasteiger partial charge in [-0.1, -0.05) is 44.7 Å². The second-order valence-electron chi connectivity index (χ2n) is 6.78. The first-order chi connectivity index (χ1) is 10.0. The molecule has 118 valence electrons. The lowest BCUT2D eigenvalue weighted by Crippen LogP contribution is -2.31. The van der Waals surface area contributed by atoms with Gasteiger partial charge in [0.1, 0.15) is 5.82 Å². The third-order valence-corrected chi connectivity index (χ3v) is 5.50. The molecule has 3 rings (SSSR count). The van der Waals surface area contributed by atoms with E-state index >= 15 is 0 Å². The maximum Gasteiger partial charge on any atom is 0.279 e. The van der Waals surface area contributed by atoms with Crippen molar-refractivity contribution >= 4 is 0 Å². The highest BCUT2D eigenvalue weighted by atomic mass is 19.3. The summed E-state index contributed by atoms with van der Waals surface area (Å²) in [6.45, 7) is 2.18. The third-order valence-electron chi connectivity index (χ3n) is 5.50. The fourth-order valence-electron chi connectivity index (χ4n) is 4.41. The Kier molecular flexibility index (Phi) is 4.02. The van der Waals surface area contributed by atoms with Gasteiger partial charge in [-0.2, -0.15) is 0 Å². The van der Waals surface area contributed by atoms with Crippen LogP contribution in [0.2, 0.25) is 0 Å². The maximum atomic E-state index is 14.7. The summed E-state index contributed by atoms with van der Waals surface area (Å²) in [6.07, 6.45) is 6.59. The van der Waals surface area contributed by atoms with E-state index < -0.39 is 17.7 Å². The van der Waals surface area contributed by atoms with Crippen LogP contribution < -0.4 is 0 Å². The Labute approximate surface area is 126 Å². The number of rotatable bonds is 3. The van der Waals surface area contributed by atoms with Crippen molar-refractivity contribution in [1.82, 2.24) is 0 Å². The van der Waals surface area contributed by atoms with Gasteiger partial charge in [-0.3, -0.25) is 0 Å². The standard InChI is InChI=1S/C18H23F3.H2/c1-2-4-12-7-9-13(10-8-12)15-11-14-5-3-6-16(19)17(14)18(15,20)21;/h3,5-6,12-13,15H,2,4,7-11H2,1H3;1H. The highest BCUT2D eigenvalue weighted by molar-refractivity contribution is 5.38. The van der Waals surface area contributed by atoms with E-state index in [1.54, 1.807) is 12.1 Å². The van der Waals surface area contributed by atoms with Crippen LogP contribution in [0.15, 0.2) is 18.2 Å². The molecule has 0 bridgehead atoms. The zero-order chi connectivity index (χ0) is 15.0. The Morgan fingerprint density at radius 3 is 2.52 bits per heavy atom. The molecule has 0 saturated heterocycles. The van der Waals surface area contributed by atoms with Gasteiger partial charge in [0, 0.05) is 7.34 Å². The lowest BCUT2D eigenvalue weighted by atomic mass is 9.73. The van der Waals surface area contributed by atoms with Crippen LogP contribution in [-0.2, 0) is 12.3 Å². The van der Waals surface area contributed by atoms with Crippen LogP contribution in [0.5, 0.6) is 0 Å². The fourth-order valence-corrected chi connectivity index (χ4v) is 4.41. The van der Waals surface area contributed by atoms with Crippen molar-refractivity contribution in [3.05, 3.63) is 35.1 Å². The second kappa shape index (κ2) is 5.66. The summed E-state index contributed by atoms with van der Waals surface area (Å²) in [5.74, 6) is -3.69. The van der Waals surface area contributed by atoms with E-state index in [1.165, 1.54) is 12.8 Å². The van der Waals surface area contributed by atoms with Gasteiger partial charge in [0.05, 0.1) is 5.56 Å². The minimum absolute atomic E-state index is 0. The molecule has 1 saturated carbocycles. The Morgan fingerprint density at radius 1 is 1.19 bits per heavy atom. The van der Waals surface area contributed by atoms with E-state index in [0.29, 0.717) is 17.9 Å².